The number of cyclic esters (lactones) is 1. The zero-order chi connectivity index (χ0) is 8.97. The Kier molecular flexibility index (Phi) is 2.90. The summed E-state index contributed by atoms with van der Waals surface area (Å²) in [5, 5.41) is 0. The Morgan fingerprint density at radius 1 is 1.58 bits per heavy atom. The average Bonchev–Trinajstić information content (AvgIpc) is 2.16. The van der Waals surface area contributed by atoms with Gasteiger partial charge in [-0.1, -0.05) is 0 Å². The molecular formula is C7H11NO4. The van der Waals surface area contributed by atoms with Gasteiger partial charge in [-0.05, 0) is 19.3 Å². The van der Waals surface area contributed by atoms with Gasteiger partial charge >= 0.3 is 12.1 Å². The predicted octanol–water partition coefficient (Wildman–Crippen LogP) is 0.177. The molecule has 0 spiro atoms. The van der Waals surface area contributed by atoms with Crippen molar-refractivity contribution in [3.05, 3.63) is 0 Å². The van der Waals surface area contributed by atoms with Crippen LogP contribution in [0.4, 0.5) is 4.79 Å². The summed E-state index contributed by atoms with van der Waals surface area (Å²) >= 11 is 0. The molecule has 0 aromatic heterocycles. The smallest absolute Gasteiger partial charge is 0.405 e. The Balaban J connectivity index is 2.47. The first-order valence-electron chi connectivity index (χ1n) is 3.83. The fourth-order valence-corrected chi connectivity index (χ4v) is 1.06. The fourth-order valence-electron chi connectivity index (χ4n) is 1.06. The van der Waals surface area contributed by atoms with Crippen molar-refractivity contribution in [2.24, 2.45) is 5.73 Å². The van der Waals surface area contributed by atoms with Gasteiger partial charge in [0.15, 0.2) is 0 Å². The van der Waals surface area contributed by atoms with Crippen LogP contribution in [-0.4, -0.2) is 24.8 Å². The van der Waals surface area contributed by atoms with Crippen molar-refractivity contribution in [3.63, 3.8) is 0 Å². The lowest BCUT2D eigenvalue weighted by Gasteiger charge is -2.10. The molecule has 12 heavy (non-hydrogen) atoms. The number of carbonyl (C=O) groups is 2. The van der Waals surface area contributed by atoms with E-state index in [0.717, 1.165) is 12.8 Å². The van der Waals surface area contributed by atoms with Crippen LogP contribution in [0.25, 0.3) is 0 Å². The minimum Gasteiger partial charge on any atom is -0.463 e. The largest absolute Gasteiger partial charge is 0.463 e. The molecule has 0 saturated carbocycles. The van der Waals surface area contributed by atoms with Crippen LogP contribution in [0.3, 0.4) is 0 Å². The molecule has 1 aliphatic heterocycles. The summed E-state index contributed by atoms with van der Waals surface area (Å²) in [6.45, 7) is 0.400. The Morgan fingerprint density at radius 3 is 3.00 bits per heavy atom. The highest BCUT2D eigenvalue weighted by Gasteiger charge is 2.25. The van der Waals surface area contributed by atoms with Gasteiger partial charge in [-0.2, -0.15) is 0 Å². The minimum absolute atomic E-state index is 0.400. The maximum absolute atomic E-state index is 11.0. The third-order valence-electron chi connectivity index (χ3n) is 1.63. The lowest BCUT2D eigenvalue weighted by atomic mass is 10.2. The number of hydrogen-bond donors (Lipinski definition) is 1. The second kappa shape index (κ2) is 3.94. The molecule has 2 N–H and O–H groups in total. The van der Waals surface area contributed by atoms with Crippen molar-refractivity contribution < 1.29 is 19.1 Å². The molecule has 1 aliphatic rings. The first kappa shape index (κ1) is 8.83. The lowest BCUT2D eigenvalue weighted by molar-refractivity contribution is -0.152. The van der Waals surface area contributed by atoms with E-state index in [4.69, 9.17) is 10.5 Å². The predicted molar refractivity (Wildman–Crippen MR) is 39.3 cm³/mol. The Morgan fingerprint density at radius 2 is 2.33 bits per heavy atom. The van der Waals surface area contributed by atoms with E-state index in [1.165, 1.54) is 0 Å². The highest BCUT2D eigenvalue weighted by Crippen LogP contribution is 2.11. The number of primary amides is 1. The molecule has 0 aliphatic carbocycles. The average molecular weight is 173 g/mol. The topological polar surface area (TPSA) is 78.6 Å². The number of amides is 1. The second-order valence-electron chi connectivity index (χ2n) is 2.59. The number of nitrogens with two attached hydrogens (primary N) is 1. The molecule has 0 aromatic carbocycles. The van der Waals surface area contributed by atoms with Crippen LogP contribution in [0.2, 0.25) is 0 Å². The third-order valence-corrected chi connectivity index (χ3v) is 1.63. The van der Waals surface area contributed by atoms with E-state index in [1.807, 2.05) is 0 Å². The third kappa shape index (κ3) is 2.41. The standard InChI is InChI=1S/C7H11NO4/c8-7(10)12-5-3-1-2-4-11-6(5)9/h5H,1-4H2,(H2,8,10). The Hall–Kier alpha value is -1.26. The zero-order valence-corrected chi connectivity index (χ0v) is 6.62. The van der Waals surface area contributed by atoms with Crippen molar-refractivity contribution in [2.75, 3.05) is 6.61 Å². The molecule has 5 heteroatoms. The van der Waals surface area contributed by atoms with Crippen LogP contribution in [-0.2, 0) is 14.3 Å². The van der Waals surface area contributed by atoms with E-state index in [1.54, 1.807) is 0 Å². The van der Waals surface area contributed by atoms with Gasteiger partial charge in [0, 0.05) is 0 Å². The molecule has 1 atom stereocenters. The molecule has 1 rings (SSSR count). The first-order chi connectivity index (χ1) is 5.70. The van der Waals surface area contributed by atoms with Crippen molar-refractivity contribution in [1.82, 2.24) is 0 Å². The molecule has 1 fully saturated rings. The summed E-state index contributed by atoms with van der Waals surface area (Å²) in [7, 11) is 0. The van der Waals surface area contributed by atoms with Gasteiger partial charge in [-0.15, -0.1) is 0 Å². The van der Waals surface area contributed by atoms with Gasteiger partial charge in [-0.3, -0.25) is 0 Å². The van der Waals surface area contributed by atoms with Gasteiger partial charge in [0.1, 0.15) is 0 Å². The summed E-state index contributed by atoms with van der Waals surface area (Å²) in [5.41, 5.74) is 4.77. The van der Waals surface area contributed by atoms with E-state index in [2.05, 4.69) is 4.74 Å². The van der Waals surface area contributed by atoms with Gasteiger partial charge in [-0.25, -0.2) is 9.59 Å². The molecule has 68 valence electrons. The monoisotopic (exact) mass is 173 g/mol. The first-order valence-corrected chi connectivity index (χ1v) is 3.83. The summed E-state index contributed by atoms with van der Waals surface area (Å²) in [5.74, 6) is -0.494. The highest BCUT2D eigenvalue weighted by molar-refractivity contribution is 5.78. The minimum atomic E-state index is -0.932. The van der Waals surface area contributed by atoms with Crippen LogP contribution in [0.1, 0.15) is 19.3 Å². The van der Waals surface area contributed by atoms with Crippen LogP contribution in [0, 0.1) is 0 Å². The fraction of sp³-hybridized carbons (Fsp3) is 0.714. The summed E-state index contributed by atoms with van der Waals surface area (Å²) in [6, 6.07) is 0. The van der Waals surface area contributed by atoms with Gasteiger partial charge < -0.3 is 15.2 Å². The van der Waals surface area contributed by atoms with Crippen molar-refractivity contribution in [2.45, 2.75) is 25.4 Å². The number of carbonyl (C=O) groups excluding carboxylic acids is 2. The van der Waals surface area contributed by atoms with Gasteiger partial charge in [0.25, 0.3) is 0 Å². The molecule has 1 saturated heterocycles. The van der Waals surface area contributed by atoms with E-state index in [9.17, 15) is 9.59 Å². The van der Waals surface area contributed by atoms with Gasteiger partial charge in [0.05, 0.1) is 6.61 Å². The molecule has 0 radical (unpaired) electrons. The number of ether oxygens (including phenoxy) is 2. The van der Waals surface area contributed by atoms with Gasteiger partial charge in [0.2, 0.25) is 6.10 Å². The lowest BCUT2D eigenvalue weighted by Crippen LogP contribution is -2.30. The number of esters is 1. The molecule has 1 heterocycles. The van der Waals surface area contributed by atoms with E-state index in [0.29, 0.717) is 13.0 Å². The second-order valence-corrected chi connectivity index (χ2v) is 2.59. The quantitative estimate of drug-likeness (QED) is 0.573. The van der Waals surface area contributed by atoms with E-state index in [-0.39, 0.29) is 0 Å². The zero-order valence-electron chi connectivity index (χ0n) is 6.62. The normalized spacial score (nSPS) is 24.0. The van der Waals surface area contributed by atoms with E-state index >= 15 is 0 Å². The van der Waals surface area contributed by atoms with Crippen LogP contribution in [0.15, 0.2) is 0 Å². The van der Waals surface area contributed by atoms with Crippen LogP contribution < -0.4 is 5.73 Å². The maximum atomic E-state index is 11.0. The molecule has 1 unspecified atom stereocenters. The van der Waals surface area contributed by atoms with Crippen LogP contribution in [0.5, 0.6) is 0 Å². The van der Waals surface area contributed by atoms with Crippen molar-refractivity contribution in [3.8, 4) is 0 Å². The van der Waals surface area contributed by atoms with Crippen molar-refractivity contribution in [1.29, 1.82) is 0 Å². The molecule has 1 amide bonds. The summed E-state index contributed by atoms with van der Waals surface area (Å²) < 4.78 is 9.29. The molecule has 0 bridgehead atoms. The number of hydrogen-bond acceptors (Lipinski definition) is 4. The molecular weight excluding hydrogens is 162 g/mol. The van der Waals surface area contributed by atoms with Crippen LogP contribution >= 0.6 is 0 Å². The highest BCUT2D eigenvalue weighted by atomic mass is 16.6. The Labute approximate surface area is 69.8 Å². The SMILES string of the molecule is NC(=O)OC1CCCCOC1=O. The molecule has 0 aromatic rings. The maximum Gasteiger partial charge on any atom is 0.405 e. The van der Waals surface area contributed by atoms with Crippen molar-refractivity contribution >= 4 is 12.1 Å². The summed E-state index contributed by atoms with van der Waals surface area (Å²) in [6.07, 6.45) is 0.388. The van der Waals surface area contributed by atoms with E-state index < -0.39 is 18.2 Å². The molecule has 5 nitrogen and oxygen atoms in total. The number of rotatable bonds is 1. The summed E-state index contributed by atoms with van der Waals surface area (Å²) in [4.78, 5) is 21.3. The Bertz CT molecular complexity index is 192.